The number of fused-ring (bicyclic) bond motifs is 5. The van der Waals surface area contributed by atoms with E-state index in [1.807, 2.05) is 5.57 Å². The van der Waals surface area contributed by atoms with Crippen molar-refractivity contribution in [2.45, 2.75) is 85.0 Å². The SMILES string of the molecule is CCC1CCC2C1CCC1C3(C)CCCCC3=CCC21C.CN. The molecule has 0 aromatic carbocycles. The first-order valence-electron chi connectivity index (χ1n) is 10.4. The third kappa shape index (κ3) is 2.53. The van der Waals surface area contributed by atoms with Crippen LogP contribution in [0.2, 0.25) is 0 Å². The lowest BCUT2D eigenvalue weighted by molar-refractivity contribution is -0.0665. The van der Waals surface area contributed by atoms with E-state index in [0.717, 1.165) is 23.7 Å². The molecule has 1 heteroatoms. The van der Waals surface area contributed by atoms with Crippen molar-refractivity contribution >= 4 is 0 Å². The minimum Gasteiger partial charge on any atom is -0.333 e. The van der Waals surface area contributed by atoms with E-state index in [4.69, 9.17) is 0 Å². The lowest BCUT2D eigenvalue weighted by Gasteiger charge is -2.60. The van der Waals surface area contributed by atoms with Crippen LogP contribution in [0.4, 0.5) is 0 Å². The molecule has 4 rings (SSSR count). The number of rotatable bonds is 1. The number of hydrogen-bond donors (Lipinski definition) is 1. The normalized spacial score (nSPS) is 48.3. The Morgan fingerprint density at radius 1 is 1.09 bits per heavy atom. The summed E-state index contributed by atoms with van der Waals surface area (Å²) in [4.78, 5) is 0. The number of hydrogen-bond acceptors (Lipinski definition) is 1. The van der Waals surface area contributed by atoms with Crippen LogP contribution in [-0.4, -0.2) is 7.05 Å². The molecule has 2 N–H and O–H groups in total. The van der Waals surface area contributed by atoms with Crippen molar-refractivity contribution in [1.29, 1.82) is 0 Å². The van der Waals surface area contributed by atoms with Crippen molar-refractivity contribution < 1.29 is 0 Å². The van der Waals surface area contributed by atoms with Crippen LogP contribution < -0.4 is 5.73 Å². The molecular weight excluding hydrogens is 278 g/mol. The molecule has 6 atom stereocenters. The Balaban J connectivity index is 0.000000753. The average molecular weight is 318 g/mol. The van der Waals surface area contributed by atoms with Crippen molar-refractivity contribution in [2.24, 2.45) is 40.2 Å². The van der Waals surface area contributed by atoms with Crippen LogP contribution in [0, 0.1) is 34.5 Å². The fraction of sp³-hybridized carbons (Fsp3) is 0.909. The zero-order chi connectivity index (χ0) is 16.7. The summed E-state index contributed by atoms with van der Waals surface area (Å²) in [6.45, 7) is 7.77. The molecule has 4 aliphatic rings. The molecule has 4 aliphatic carbocycles. The standard InChI is InChI=1S/C21H34.CH5N/c1-4-15-8-10-18-17(15)9-11-19-20(2)13-6-5-7-16(20)12-14-21(18,19)3;1-2/h12,15,17-19H,4-11,13-14H2,1-3H3;2H2,1H3. The van der Waals surface area contributed by atoms with Crippen LogP contribution in [0.1, 0.15) is 85.0 Å². The molecule has 23 heavy (non-hydrogen) atoms. The second kappa shape index (κ2) is 6.54. The molecule has 3 fully saturated rings. The largest absolute Gasteiger partial charge is 0.333 e. The van der Waals surface area contributed by atoms with Crippen molar-refractivity contribution in [3.8, 4) is 0 Å². The summed E-state index contributed by atoms with van der Waals surface area (Å²) >= 11 is 0. The molecule has 0 saturated heterocycles. The monoisotopic (exact) mass is 317 g/mol. The molecule has 0 aromatic rings. The maximum atomic E-state index is 4.50. The van der Waals surface area contributed by atoms with Gasteiger partial charge in [-0.05, 0) is 92.9 Å². The highest BCUT2D eigenvalue weighted by Crippen LogP contribution is 2.67. The third-order valence-electron chi connectivity index (χ3n) is 8.61. The highest BCUT2D eigenvalue weighted by Gasteiger charge is 2.58. The van der Waals surface area contributed by atoms with Crippen molar-refractivity contribution in [3.63, 3.8) is 0 Å². The van der Waals surface area contributed by atoms with Crippen molar-refractivity contribution in [1.82, 2.24) is 0 Å². The van der Waals surface area contributed by atoms with Gasteiger partial charge in [0.15, 0.2) is 0 Å². The number of allylic oxidation sites excluding steroid dienone is 2. The van der Waals surface area contributed by atoms with Gasteiger partial charge in [-0.3, -0.25) is 0 Å². The summed E-state index contributed by atoms with van der Waals surface area (Å²) in [6, 6.07) is 0. The van der Waals surface area contributed by atoms with Crippen LogP contribution in [0.15, 0.2) is 11.6 Å². The Morgan fingerprint density at radius 2 is 1.87 bits per heavy atom. The van der Waals surface area contributed by atoms with Gasteiger partial charge < -0.3 is 5.73 Å². The lowest BCUT2D eigenvalue weighted by Crippen LogP contribution is -2.52. The van der Waals surface area contributed by atoms with Gasteiger partial charge in [-0.25, -0.2) is 0 Å². The van der Waals surface area contributed by atoms with Gasteiger partial charge in [0, 0.05) is 0 Å². The molecule has 0 spiro atoms. The van der Waals surface area contributed by atoms with E-state index >= 15 is 0 Å². The van der Waals surface area contributed by atoms with Crippen LogP contribution in [0.3, 0.4) is 0 Å². The van der Waals surface area contributed by atoms with E-state index in [-0.39, 0.29) is 0 Å². The first-order valence-corrected chi connectivity index (χ1v) is 10.4. The molecular formula is C22H39N. The van der Waals surface area contributed by atoms with E-state index in [1.54, 1.807) is 6.42 Å². The van der Waals surface area contributed by atoms with E-state index in [9.17, 15) is 0 Å². The first-order chi connectivity index (χ1) is 11.1. The molecule has 0 radical (unpaired) electrons. The highest BCUT2D eigenvalue weighted by atomic mass is 14.6. The molecule has 0 amide bonds. The summed E-state index contributed by atoms with van der Waals surface area (Å²) < 4.78 is 0. The third-order valence-corrected chi connectivity index (χ3v) is 8.61. The molecule has 0 aliphatic heterocycles. The van der Waals surface area contributed by atoms with Gasteiger partial charge in [0.25, 0.3) is 0 Å². The first kappa shape index (κ1) is 17.5. The van der Waals surface area contributed by atoms with Crippen molar-refractivity contribution in [2.75, 3.05) is 7.05 Å². The van der Waals surface area contributed by atoms with Crippen LogP contribution >= 0.6 is 0 Å². The quantitative estimate of drug-likeness (QED) is 0.595. The smallest absolute Gasteiger partial charge is 0.00827 e. The lowest BCUT2D eigenvalue weighted by atomic mass is 9.44. The summed E-state index contributed by atoms with van der Waals surface area (Å²) in [5.74, 6) is 4.15. The Kier molecular flexibility index (Phi) is 4.98. The molecule has 3 saturated carbocycles. The molecule has 0 bridgehead atoms. The van der Waals surface area contributed by atoms with Gasteiger partial charge in [-0.15, -0.1) is 0 Å². The minimum absolute atomic E-state index is 0.570. The van der Waals surface area contributed by atoms with Gasteiger partial charge >= 0.3 is 0 Å². The van der Waals surface area contributed by atoms with Crippen LogP contribution in [0.25, 0.3) is 0 Å². The van der Waals surface area contributed by atoms with Gasteiger partial charge in [-0.1, -0.05) is 45.3 Å². The average Bonchev–Trinajstić information content (AvgIpc) is 3.00. The zero-order valence-electron chi connectivity index (χ0n) is 16.0. The zero-order valence-corrected chi connectivity index (χ0v) is 16.0. The molecule has 132 valence electrons. The summed E-state index contributed by atoms with van der Waals surface area (Å²) in [6.07, 6.45) is 17.5. The van der Waals surface area contributed by atoms with Gasteiger partial charge in [0.2, 0.25) is 0 Å². The second-order valence-corrected chi connectivity index (χ2v) is 9.21. The maximum absolute atomic E-state index is 4.50. The Bertz CT molecular complexity index is 453. The molecule has 0 aromatic heterocycles. The molecule has 6 unspecified atom stereocenters. The highest BCUT2D eigenvalue weighted by molar-refractivity contribution is 5.26. The van der Waals surface area contributed by atoms with Gasteiger partial charge in [0.05, 0.1) is 0 Å². The summed E-state index contributed by atoms with van der Waals surface area (Å²) in [7, 11) is 1.50. The Morgan fingerprint density at radius 3 is 2.61 bits per heavy atom. The van der Waals surface area contributed by atoms with Crippen LogP contribution in [0.5, 0.6) is 0 Å². The van der Waals surface area contributed by atoms with Gasteiger partial charge in [0.1, 0.15) is 0 Å². The Labute approximate surface area is 144 Å². The van der Waals surface area contributed by atoms with Gasteiger partial charge in [-0.2, -0.15) is 0 Å². The maximum Gasteiger partial charge on any atom is -0.00827 e. The summed E-state index contributed by atoms with van der Waals surface area (Å²) in [5, 5.41) is 0. The summed E-state index contributed by atoms with van der Waals surface area (Å²) in [5.41, 5.74) is 7.56. The Hall–Kier alpha value is -0.300. The fourth-order valence-corrected chi connectivity index (χ4v) is 7.53. The van der Waals surface area contributed by atoms with E-state index in [1.165, 1.54) is 64.8 Å². The van der Waals surface area contributed by atoms with E-state index in [0.29, 0.717) is 10.8 Å². The number of nitrogens with two attached hydrogens (primary N) is 1. The minimum atomic E-state index is 0.570. The topological polar surface area (TPSA) is 26.0 Å². The molecule has 0 heterocycles. The molecule has 1 nitrogen and oxygen atoms in total. The van der Waals surface area contributed by atoms with Crippen LogP contribution in [-0.2, 0) is 0 Å². The van der Waals surface area contributed by atoms with Crippen molar-refractivity contribution in [3.05, 3.63) is 11.6 Å². The predicted molar refractivity (Wildman–Crippen MR) is 100 cm³/mol. The fourth-order valence-electron chi connectivity index (χ4n) is 7.53. The second-order valence-electron chi connectivity index (χ2n) is 9.21. The predicted octanol–water partition coefficient (Wildman–Crippen LogP) is 5.94. The van der Waals surface area contributed by atoms with E-state index in [2.05, 4.69) is 32.6 Å². The van der Waals surface area contributed by atoms with E-state index < -0.39 is 0 Å².